The number of anilines is 1. The molecule has 0 amide bonds. The second-order valence-electron chi connectivity index (χ2n) is 4.53. The van der Waals surface area contributed by atoms with Crippen LogP contribution in [0.1, 0.15) is 11.4 Å². The molecule has 22 heavy (non-hydrogen) atoms. The van der Waals surface area contributed by atoms with Gasteiger partial charge in [-0.2, -0.15) is 5.10 Å². The van der Waals surface area contributed by atoms with Crippen molar-refractivity contribution in [1.82, 2.24) is 9.38 Å². The number of rotatable bonds is 3. The van der Waals surface area contributed by atoms with Crippen molar-refractivity contribution in [1.29, 1.82) is 0 Å². The van der Waals surface area contributed by atoms with Crippen molar-refractivity contribution < 1.29 is 0 Å². The molecule has 1 N–H and O–H groups in total. The van der Waals surface area contributed by atoms with Gasteiger partial charge < -0.3 is 0 Å². The van der Waals surface area contributed by atoms with Crippen molar-refractivity contribution in [3.05, 3.63) is 62.6 Å². The van der Waals surface area contributed by atoms with E-state index in [4.69, 9.17) is 11.6 Å². The molecule has 0 atom stereocenters. The average molecular weight is 447 g/mol. The van der Waals surface area contributed by atoms with Crippen LogP contribution in [0.3, 0.4) is 0 Å². The lowest BCUT2D eigenvalue weighted by Crippen LogP contribution is -1.96. The number of hydrogen-bond donors (Lipinski definition) is 1. The van der Waals surface area contributed by atoms with Gasteiger partial charge in [0, 0.05) is 14.8 Å². The second-order valence-corrected chi connectivity index (χ2v) is 6.22. The minimum atomic E-state index is 0. The van der Waals surface area contributed by atoms with Crippen molar-refractivity contribution in [2.24, 2.45) is 5.10 Å². The topological polar surface area (TPSA) is 41.7 Å². The Morgan fingerprint density at radius 3 is 2.68 bits per heavy atom. The van der Waals surface area contributed by atoms with Gasteiger partial charge in [-0.15, -0.1) is 12.4 Å². The van der Waals surface area contributed by atoms with Crippen LogP contribution in [-0.4, -0.2) is 15.6 Å². The van der Waals surface area contributed by atoms with Crippen molar-refractivity contribution in [3.63, 3.8) is 0 Å². The first-order valence-electron chi connectivity index (χ1n) is 6.32. The molecule has 0 spiro atoms. The fourth-order valence-corrected chi connectivity index (χ4v) is 2.59. The van der Waals surface area contributed by atoms with Gasteiger partial charge >= 0.3 is 0 Å². The highest BCUT2D eigenvalue weighted by molar-refractivity contribution is 14.1. The minimum absolute atomic E-state index is 0. The highest BCUT2D eigenvalue weighted by Crippen LogP contribution is 2.15. The summed E-state index contributed by atoms with van der Waals surface area (Å²) in [5, 5.41) is 4.98. The molecular formula is C15H13Cl2IN4. The van der Waals surface area contributed by atoms with Gasteiger partial charge in [0.05, 0.1) is 23.3 Å². The number of nitrogens with zero attached hydrogens (tertiary/aromatic N) is 3. The summed E-state index contributed by atoms with van der Waals surface area (Å²) in [6.45, 7) is 1.98. The van der Waals surface area contributed by atoms with Gasteiger partial charge in [0.2, 0.25) is 0 Å². The lowest BCUT2D eigenvalue weighted by atomic mass is 10.3. The predicted molar refractivity (Wildman–Crippen MR) is 103 cm³/mol. The van der Waals surface area contributed by atoms with E-state index in [1.807, 2.05) is 53.9 Å². The lowest BCUT2D eigenvalue weighted by molar-refractivity contribution is 1.15. The number of nitrogens with one attached hydrogen (secondary N) is 1. The highest BCUT2D eigenvalue weighted by Gasteiger charge is 2.06. The number of aryl methyl sites for hydroxylation is 1. The maximum absolute atomic E-state index is 5.85. The van der Waals surface area contributed by atoms with Crippen LogP contribution < -0.4 is 5.43 Å². The van der Waals surface area contributed by atoms with Crippen LogP contribution in [0, 0.1) is 10.5 Å². The lowest BCUT2D eigenvalue weighted by Gasteiger charge is -2.01. The Balaban J connectivity index is 0.00000176. The molecule has 4 nitrogen and oxygen atoms in total. The molecule has 0 bridgehead atoms. The van der Waals surface area contributed by atoms with E-state index in [2.05, 4.69) is 38.1 Å². The van der Waals surface area contributed by atoms with E-state index in [9.17, 15) is 0 Å². The Morgan fingerprint density at radius 2 is 1.95 bits per heavy atom. The van der Waals surface area contributed by atoms with E-state index < -0.39 is 0 Å². The van der Waals surface area contributed by atoms with Crippen LogP contribution in [0.5, 0.6) is 0 Å². The van der Waals surface area contributed by atoms with Crippen molar-refractivity contribution >= 4 is 64.1 Å². The third-order valence-corrected chi connectivity index (χ3v) is 3.92. The maximum Gasteiger partial charge on any atom is 0.137 e. The summed E-state index contributed by atoms with van der Waals surface area (Å²) in [7, 11) is 0. The highest BCUT2D eigenvalue weighted by atomic mass is 127. The fourth-order valence-electron chi connectivity index (χ4n) is 2.00. The van der Waals surface area contributed by atoms with E-state index in [0.717, 1.165) is 26.3 Å². The Labute approximate surface area is 153 Å². The zero-order valence-electron chi connectivity index (χ0n) is 11.6. The number of pyridine rings is 1. The molecule has 0 unspecified atom stereocenters. The monoisotopic (exact) mass is 446 g/mol. The van der Waals surface area contributed by atoms with Crippen LogP contribution >= 0.6 is 46.6 Å². The van der Waals surface area contributed by atoms with Crippen LogP contribution in [0.2, 0.25) is 5.02 Å². The predicted octanol–water partition coefficient (Wildman–Crippen LogP) is 4.77. The number of hydrazone groups is 1. The van der Waals surface area contributed by atoms with Crippen LogP contribution in [0.15, 0.2) is 47.7 Å². The summed E-state index contributed by atoms with van der Waals surface area (Å²) in [5.41, 5.74) is 6.69. The second kappa shape index (κ2) is 7.30. The van der Waals surface area contributed by atoms with Gasteiger partial charge in [-0.1, -0.05) is 11.6 Å². The van der Waals surface area contributed by atoms with E-state index in [1.54, 1.807) is 6.21 Å². The number of fused-ring (bicyclic) bond motifs is 1. The SMILES string of the molecule is Cc1nc2ccc(I)cn2c1C=NNc1ccc(Cl)cc1.Cl. The van der Waals surface area contributed by atoms with E-state index in [0.29, 0.717) is 5.02 Å². The Bertz CT molecular complexity index is 812. The number of benzene rings is 1. The molecule has 0 saturated carbocycles. The average Bonchev–Trinajstić information content (AvgIpc) is 2.77. The zero-order valence-corrected chi connectivity index (χ0v) is 15.4. The summed E-state index contributed by atoms with van der Waals surface area (Å²) in [6.07, 6.45) is 3.82. The number of hydrogen-bond acceptors (Lipinski definition) is 3. The molecule has 114 valence electrons. The van der Waals surface area contributed by atoms with Crippen LogP contribution in [-0.2, 0) is 0 Å². The van der Waals surface area contributed by atoms with Crippen LogP contribution in [0.4, 0.5) is 5.69 Å². The van der Waals surface area contributed by atoms with Gasteiger partial charge in [0.15, 0.2) is 0 Å². The number of aromatic nitrogens is 2. The molecule has 3 rings (SSSR count). The largest absolute Gasteiger partial charge is 0.297 e. The standard InChI is InChI=1S/C15H12ClIN4.ClH/c1-10-14(21-9-12(17)4-7-15(21)19-10)8-18-20-13-5-2-11(16)3-6-13;/h2-9,20H,1H3;1H. The van der Waals surface area contributed by atoms with Crippen molar-refractivity contribution in [3.8, 4) is 0 Å². The van der Waals surface area contributed by atoms with Gasteiger partial charge in [-0.25, -0.2) is 4.98 Å². The van der Waals surface area contributed by atoms with Crippen molar-refractivity contribution in [2.75, 3.05) is 5.43 Å². The molecule has 1 aromatic carbocycles. The third kappa shape index (κ3) is 3.71. The molecule has 2 heterocycles. The van der Waals surface area contributed by atoms with Crippen LogP contribution in [0.25, 0.3) is 5.65 Å². The summed E-state index contributed by atoms with van der Waals surface area (Å²) in [6, 6.07) is 11.4. The minimum Gasteiger partial charge on any atom is -0.297 e. The van der Waals surface area contributed by atoms with Gasteiger partial charge in [0.1, 0.15) is 5.65 Å². The summed E-state index contributed by atoms with van der Waals surface area (Å²) in [5.74, 6) is 0. The molecule has 7 heteroatoms. The molecule has 2 aromatic heterocycles. The molecular weight excluding hydrogens is 434 g/mol. The summed E-state index contributed by atoms with van der Waals surface area (Å²) in [4.78, 5) is 4.51. The smallest absolute Gasteiger partial charge is 0.137 e. The van der Waals surface area contributed by atoms with Gasteiger partial charge in [0.25, 0.3) is 0 Å². The van der Waals surface area contributed by atoms with E-state index >= 15 is 0 Å². The Kier molecular flexibility index (Phi) is 5.66. The third-order valence-electron chi connectivity index (χ3n) is 3.03. The first kappa shape index (κ1) is 17.1. The maximum atomic E-state index is 5.85. The first-order chi connectivity index (χ1) is 10.1. The van der Waals surface area contributed by atoms with Crippen molar-refractivity contribution in [2.45, 2.75) is 6.92 Å². The van der Waals surface area contributed by atoms with E-state index in [-0.39, 0.29) is 12.4 Å². The van der Waals surface area contributed by atoms with Gasteiger partial charge in [-0.3, -0.25) is 9.83 Å². The van der Waals surface area contributed by atoms with Gasteiger partial charge in [-0.05, 0) is 65.9 Å². The zero-order chi connectivity index (χ0) is 14.8. The number of imidazole rings is 1. The molecule has 0 aliphatic heterocycles. The molecule has 3 aromatic rings. The molecule has 0 fully saturated rings. The molecule has 0 aliphatic rings. The quantitative estimate of drug-likeness (QED) is 0.357. The molecule has 0 aliphatic carbocycles. The summed E-state index contributed by atoms with van der Waals surface area (Å²) < 4.78 is 3.18. The van der Waals surface area contributed by atoms with E-state index in [1.165, 1.54) is 0 Å². The summed E-state index contributed by atoms with van der Waals surface area (Å²) >= 11 is 8.13. The Morgan fingerprint density at radius 1 is 1.23 bits per heavy atom. The first-order valence-corrected chi connectivity index (χ1v) is 7.78. The fraction of sp³-hybridized carbons (Fsp3) is 0.0667. The Hall–Kier alpha value is -1.31. The number of halogens is 3. The molecule has 0 saturated heterocycles. The molecule has 0 radical (unpaired) electrons. The normalized spacial score (nSPS) is 10.9.